The lowest BCUT2D eigenvalue weighted by atomic mass is 10.1. The smallest absolute Gasteiger partial charge is 0.0641 e. The van der Waals surface area contributed by atoms with Gasteiger partial charge in [-0.2, -0.15) is 5.10 Å². The standard InChI is InChI=1S/C13H23N3O/c1-10(13-8-16(3)15-11(13)2)14-6-7-17-9-12-4-5-12/h8,10,12,14H,4-7,9H2,1-3H3. The van der Waals surface area contributed by atoms with E-state index in [0.717, 1.165) is 31.4 Å². The highest BCUT2D eigenvalue weighted by Gasteiger charge is 2.20. The Hall–Kier alpha value is -0.870. The highest BCUT2D eigenvalue weighted by molar-refractivity contribution is 5.19. The van der Waals surface area contributed by atoms with Crippen LogP contribution in [-0.2, 0) is 11.8 Å². The van der Waals surface area contributed by atoms with Crippen molar-refractivity contribution in [3.05, 3.63) is 17.5 Å². The normalized spacial score (nSPS) is 17.4. The fourth-order valence-corrected chi connectivity index (χ4v) is 2.04. The van der Waals surface area contributed by atoms with Crippen molar-refractivity contribution in [2.45, 2.75) is 32.7 Å². The van der Waals surface area contributed by atoms with Crippen molar-refractivity contribution < 1.29 is 4.74 Å². The lowest BCUT2D eigenvalue weighted by molar-refractivity contribution is 0.124. The van der Waals surface area contributed by atoms with Crippen LogP contribution in [-0.4, -0.2) is 29.5 Å². The van der Waals surface area contributed by atoms with Crippen molar-refractivity contribution in [1.82, 2.24) is 15.1 Å². The zero-order valence-electron chi connectivity index (χ0n) is 11.1. The molecule has 0 spiro atoms. The van der Waals surface area contributed by atoms with E-state index in [1.807, 2.05) is 11.7 Å². The van der Waals surface area contributed by atoms with E-state index in [9.17, 15) is 0 Å². The molecule has 1 aromatic rings. The third kappa shape index (κ3) is 3.82. The second kappa shape index (κ2) is 5.65. The van der Waals surface area contributed by atoms with Gasteiger partial charge in [-0.05, 0) is 32.6 Å². The van der Waals surface area contributed by atoms with Crippen LogP contribution in [0.25, 0.3) is 0 Å². The molecule has 17 heavy (non-hydrogen) atoms. The molecule has 1 N–H and O–H groups in total. The molecule has 4 nitrogen and oxygen atoms in total. The first-order valence-corrected chi connectivity index (χ1v) is 6.48. The largest absolute Gasteiger partial charge is 0.380 e. The molecule has 4 heteroatoms. The number of rotatable bonds is 7. The number of nitrogens with one attached hydrogen (secondary N) is 1. The first-order valence-electron chi connectivity index (χ1n) is 6.48. The lowest BCUT2D eigenvalue weighted by Gasteiger charge is -2.13. The van der Waals surface area contributed by atoms with Gasteiger partial charge in [0, 0.05) is 38.0 Å². The Bertz CT molecular complexity index is 358. The van der Waals surface area contributed by atoms with Gasteiger partial charge in [-0.3, -0.25) is 4.68 Å². The summed E-state index contributed by atoms with van der Waals surface area (Å²) in [5, 5.41) is 7.82. The average molecular weight is 237 g/mol. The third-order valence-corrected chi connectivity index (χ3v) is 3.27. The zero-order chi connectivity index (χ0) is 12.3. The Labute approximate surface area is 103 Å². The highest BCUT2D eigenvalue weighted by atomic mass is 16.5. The Morgan fingerprint density at radius 3 is 2.94 bits per heavy atom. The van der Waals surface area contributed by atoms with Crippen LogP contribution in [0, 0.1) is 12.8 Å². The molecule has 0 aliphatic heterocycles. The van der Waals surface area contributed by atoms with Crippen LogP contribution in [0.15, 0.2) is 6.20 Å². The van der Waals surface area contributed by atoms with E-state index >= 15 is 0 Å². The van der Waals surface area contributed by atoms with E-state index in [4.69, 9.17) is 4.74 Å². The fourth-order valence-electron chi connectivity index (χ4n) is 2.04. The van der Waals surface area contributed by atoms with E-state index in [-0.39, 0.29) is 0 Å². The van der Waals surface area contributed by atoms with Crippen LogP contribution in [0.5, 0.6) is 0 Å². The van der Waals surface area contributed by atoms with Gasteiger partial charge in [0.2, 0.25) is 0 Å². The summed E-state index contributed by atoms with van der Waals surface area (Å²) in [6, 6.07) is 0.341. The Morgan fingerprint density at radius 2 is 2.35 bits per heavy atom. The van der Waals surface area contributed by atoms with Crippen LogP contribution >= 0.6 is 0 Å². The molecule has 1 aromatic heterocycles. The lowest BCUT2D eigenvalue weighted by Crippen LogP contribution is -2.23. The Kier molecular flexibility index (Phi) is 4.18. The van der Waals surface area contributed by atoms with Crippen LogP contribution in [0.4, 0.5) is 0 Å². The minimum absolute atomic E-state index is 0.341. The number of aryl methyl sites for hydroxylation is 2. The van der Waals surface area contributed by atoms with Gasteiger partial charge < -0.3 is 10.1 Å². The van der Waals surface area contributed by atoms with Gasteiger partial charge in [0.25, 0.3) is 0 Å². The van der Waals surface area contributed by atoms with E-state index in [1.165, 1.54) is 18.4 Å². The molecule has 1 fully saturated rings. The summed E-state index contributed by atoms with van der Waals surface area (Å²) in [4.78, 5) is 0. The fraction of sp³-hybridized carbons (Fsp3) is 0.769. The van der Waals surface area contributed by atoms with Crippen molar-refractivity contribution in [3.8, 4) is 0 Å². The third-order valence-electron chi connectivity index (χ3n) is 3.27. The van der Waals surface area contributed by atoms with Crippen LogP contribution in [0.3, 0.4) is 0 Å². The van der Waals surface area contributed by atoms with Crippen LogP contribution < -0.4 is 5.32 Å². The van der Waals surface area contributed by atoms with E-state index in [1.54, 1.807) is 0 Å². The maximum absolute atomic E-state index is 5.60. The first kappa shape index (κ1) is 12.6. The van der Waals surface area contributed by atoms with Crippen LogP contribution in [0.1, 0.15) is 37.1 Å². The summed E-state index contributed by atoms with van der Waals surface area (Å²) in [7, 11) is 1.96. The quantitative estimate of drug-likeness (QED) is 0.735. The maximum atomic E-state index is 5.60. The highest BCUT2D eigenvalue weighted by Crippen LogP contribution is 2.28. The molecule has 1 atom stereocenters. The second-order valence-electron chi connectivity index (χ2n) is 5.04. The molecule has 1 heterocycles. The molecule has 1 unspecified atom stereocenters. The number of hydrogen-bond donors (Lipinski definition) is 1. The summed E-state index contributed by atoms with van der Waals surface area (Å²) in [5.74, 6) is 0.855. The maximum Gasteiger partial charge on any atom is 0.0641 e. The van der Waals surface area contributed by atoms with Crippen molar-refractivity contribution in [2.24, 2.45) is 13.0 Å². The first-order chi connectivity index (χ1) is 8.16. The minimum Gasteiger partial charge on any atom is -0.380 e. The molecular formula is C13H23N3O. The molecule has 0 saturated heterocycles. The SMILES string of the molecule is Cc1nn(C)cc1C(C)NCCOCC1CC1. The zero-order valence-corrected chi connectivity index (χ0v) is 11.1. The molecule has 2 rings (SSSR count). The van der Waals surface area contributed by atoms with E-state index < -0.39 is 0 Å². The van der Waals surface area contributed by atoms with Gasteiger partial charge in [0.15, 0.2) is 0 Å². The number of nitrogens with zero attached hydrogens (tertiary/aromatic N) is 2. The molecular weight excluding hydrogens is 214 g/mol. The molecule has 0 amide bonds. The van der Waals surface area contributed by atoms with E-state index in [2.05, 4.69) is 30.5 Å². The van der Waals surface area contributed by atoms with E-state index in [0.29, 0.717) is 6.04 Å². The monoisotopic (exact) mass is 237 g/mol. The van der Waals surface area contributed by atoms with Gasteiger partial charge >= 0.3 is 0 Å². The summed E-state index contributed by atoms with van der Waals surface area (Å²) < 4.78 is 7.46. The van der Waals surface area contributed by atoms with Crippen molar-refractivity contribution >= 4 is 0 Å². The van der Waals surface area contributed by atoms with Gasteiger partial charge in [-0.1, -0.05) is 0 Å². The topological polar surface area (TPSA) is 39.1 Å². The average Bonchev–Trinajstić information content (AvgIpc) is 3.03. The van der Waals surface area contributed by atoms with Crippen molar-refractivity contribution in [3.63, 3.8) is 0 Å². The van der Waals surface area contributed by atoms with Gasteiger partial charge in [0.05, 0.1) is 12.3 Å². The number of ether oxygens (including phenoxy) is 1. The van der Waals surface area contributed by atoms with Gasteiger partial charge in [-0.25, -0.2) is 0 Å². The minimum atomic E-state index is 0.341. The Morgan fingerprint density at radius 1 is 1.59 bits per heavy atom. The molecule has 0 bridgehead atoms. The van der Waals surface area contributed by atoms with Gasteiger partial charge in [0.1, 0.15) is 0 Å². The summed E-state index contributed by atoms with van der Waals surface area (Å²) in [6.45, 7) is 6.88. The molecule has 1 saturated carbocycles. The van der Waals surface area contributed by atoms with Crippen molar-refractivity contribution in [2.75, 3.05) is 19.8 Å². The number of hydrogen-bond acceptors (Lipinski definition) is 3. The molecule has 96 valence electrons. The van der Waals surface area contributed by atoms with Gasteiger partial charge in [-0.15, -0.1) is 0 Å². The summed E-state index contributed by atoms with van der Waals surface area (Å²) in [5.41, 5.74) is 2.38. The second-order valence-corrected chi connectivity index (χ2v) is 5.04. The van der Waals surface area contributed by atoms with Crippen LogP contribution in [0.2, 0.25) is 0 Å². The number of aromatic nitrogens is 2. The Balaban J connectivity index is 1.65. The molecule has 0 radical (unpaired) electrons. The summed E-state index contributed by atoms with van der Waals surface area (Å²) in [6.07, 6.45) is 4.80. The molecule has 1 aliphatic rings. The summed E-state index contributed by atoms with van der Waals surface area (Å²) >= 11 is 0. The predicted octanol–water partition coefficient (Wildman–Crippen LogP) is 1.81. The molecule has 0 aromatic carbocycles. The predicted molar refractivity (Wildman–Crippen MR) is 67.9 cm³/mol. The van der Waals surface area contributed by atoms with Crippen molar-refractivity contribution in [1.29, 1.82) is 0 Å². The molecule has 1 aliphatic carbocycles.